The normalized spacial score (nSPS) is 19.0. The van der Waals surface area contributed by atoms with E-state index in [1.165, 1.54) is 4.90 Å². The van der Waals surface area contributed by atoms with Gasteiger partial charge in [-0.3, -0.25) is 19.3 Å². The third kappa shape index (κ3) is 9.63. The molecule has 1 N–H and O–H groups in total. The summed E-state index contributed by atoms with van der Waals surface area (Å²) in [6.07, 6.45) is 0.345. The number of rotatable bonds is 1. The molecule has 1 atom stereocenters. The summed E-state index contributed by atoms with van der Waals surface area (Å²) in [5.41, 5.74) is -0.807. The molecule has 27 heavy (non-hydrogen) atoms. The van der Waals surface area contributed by atoms with Crippen LogP contribution in [0.25, 0.3) is 0 Å². The van der Waals surface area contributed by atoms with Crippen LogP contribution >= 0.6 is 11.8 Å². The Balaban J connectivity index is 0.000000541. The van der Waals surface area contributed by atoms with Crippen LogP contribution in [0.5, 0.6) is 0 Å². The van der Waals surface area contributed by atoms with E-state index in [1.807, 2.05) is 62.3 Å². The van der Waals surface area contributed by atoms with E-state index in [2.05, 4.69) is 26.1 Å². The molecular weight excluding hydrogens is 360 g/mol. The maximum atomic E-state index is 12.1. The van der Waals surface area contributed by atoms with Crippen molar-refractivity contribution < 1.29 is 14.4 Å². The van der Waals surface area contributed by atoms with Crippen molar-refractivity contribution in [3.63, 3.8) is 0 Å². The molecule has 0 aromatic rings. The molecular formula is C21H40N2O3S. The zero-order chi connectivity index (χ0) is 22.0. The zero-order valence-corrected chi connectivity index (χ0v) is 20.2. The van der Waals surface area contributed by atoms with E-state index < -0.39 is 5.54 Å². The minimum Gasteiger partial charge on any atom is -0.351 e. The van der Waals surface area contributed by atoms with Gasteiger partial charge in [0.15, 0.2) is 0 Å². The number of carbonyl (C=O) groups is 3. The summed E-state index contributed by atoms with van der Waals surface area (Å²) in [4.78, 5) is 36.7. The van der Waals surface area contributed by atoms with Gasteiger partial charge in [0, 0.05) is 27.7 Å². The summed E-state index contributed by atoms with van der Waals surface area (Å²) < 4.78 is 0.00843. The second kappa shape index (κ2) is 8.54. The average Bonchev–Trinajstić information content (AvgIpc) is 2.58. The lowest BCUT2D eigenvalue weighted by Gasteiger charge is -2.30. The van der Waals surface area contributed by atoms with Crippen LogP contribution in [-0.4, -0.2) is 43.7 Å². The van der Waals surface area contributed by atoms with E-state index in [9.17, 15) is 14.4 Å². The lowest BCUT2D eigenvalue weighted by atomic mass is 9.94. The van der Waals surface area contributed by atoms with Crippen LogP contribution in [0.15, 0.2) is 0 Å². The van der Waals surface area contributed by atoms with E-state index in [1.54, 1.807) is 11.8 Å². The molecule has 0 radical (unpaired) electrons. The molecule has 0 bridgehead atoms. The highest BCUT2D eigenvalue weighted by molar-refractivity contribution is 8.01. The van der Waals surface area contributed by atoms with Gasteiger partial charge in [-0.2, -0.15) is 0 Å². The second-order valence-electron chi connectivity index (χ2n) is 11.1. The van der Waals surface area contributed by atoms with Crippen LogP contribution in [0.1, 0.15) is 89.5 Å². The topological polar surface area (TPSA) is 66.5 Å². The molecule has 1 saturated heterocycles. The number of nitrogens with zero attached hydrogens (tertiary/aromatic N) is 1. The van der Waals surface area contributed by atoms with Crippen LogP contribution in [0.2, 0.25) is 0 Å². The van der Waals surface area contributed by atoms with E-state index >= 15 is 0 Å². The first-order chi connectivity index (χ1) is 11.6. The summed E-state index contributed by atoms with van der Waals surface area (Å²) in [6, 6.07) is 0. The van der Waals surface area contributed by atoms with Crippen molar-refractivity contribution in [1.29, 1.82) is 0 Å². The van der Waals surface area contributed by atoms with Gasteiger partial charge in [0.2, 0.25) is 17.7 Å². The monoisotopic (exact) mass is 400 g/mol. The standard InChI is InChI=1S/C12H21NO2S.C9H19NO/c1-11(2,3)13-9(14)7-8(10(13)15)16-12(4,5)6;1-8(2,3)7(11)10-9(4,5)6/h8H,7H2,1-6H3;1-6H3,(H,10,11). The van der Waals surface area contributed by atoms with Gasteiger partial charge in [0.05, 0.1) is 5.25 Å². The molecule has 1 aliphatic rings. The van der Waals surface area contributed by atoms with Crippen molar-refractivity contribution in [2.75, 3.05) is 0 Å². The number of thioether (sulfide) groups is 1. The largest absolute Gasteiger partial charge is 0.351 e. The molecule has 0 aromatic heterocycles. The Morgan fingerprint density at radius 2 is 1.37 bits per heavy atom. The molecule has 1 fully saturated rings. The van der Waals surface area contributed by atoms with E-state index in [4.69, 9.17) is 0 Å². The predicted molar refractivity (Wildman–Crippen MR) is 115 cm³/mol. The van der Waals surface area contributed by atoms with Crippen molar-refractivity contribution in [3.8, 4) is 0 Å². The summed E-state index contributed by atoms with van der Waals surface area (Å²) >= 11 is 1.58. The third-order valence-electron chi connectivity index (χ3n) is 3.44. The highest BCUT2D eigenvalue weighted by Crippen LogP contribution is 2.36. The zero-order valence-electron chi connectivity index (χ0n) is 19.4. The second-order valence-corrected chi connectivity index (χ2v) is 13.1. The average molecular weight is 401 g/mol. The third-order valence-corrected chi connectivity index (χ3v) is 4.80. The maximum Gasteiger partial charge on any atom is 0.243 e. The van der Waals surface area contributed by atoms with Crippen LogP contribution in [0, 0.1) is 5.41 Å². The molecule has 0 aromatic carbocycles. The number of hydrogen-bond donors (Lipinski definition) is 1. The Morgan fingerprint density at radius 1 is 0.926 bits per heavy atom. The number of amides is 3. The molecule has 6 heteroatoms. The fourth-order valence-corrected chi connectivity index (χ4v) is 3.64. The Bertz CT molecular complexity index is 558. The molecule has 158 valence electrons. The first kappa shape index (κ1) is 26.0. The molecule has 3 amide bonds. The van der Waals surface area contributed by atoms with Gasteiger partial charge >= 0.3 is 0 Å². The van der Waals surface area contributed by atoms with Crippen molar-refractivity contribution >= 4 is 29.5 Å². The lowest BCUT2D eigenvalue weighted by Crippen LogP contribution is -2.46. The summed E-state index contributed by atoms with van der Waals surface area (Å²) in [5, 5.41) is 2.72. The molecule has 1 aliphatic heterocycles. The maximum absolute atomic E-state index is 12.1. The van der Waals surface area contributed by atoms with Crippen molar-refractivity contribution in [1.82, 2.24) is 10.2 Å². The number of imide groups is 1. The van der Waals surface area contributed by atoms with E-state index in [0.29, 0.717) is 6.42 Å². The summed E-state index contributed by atoms with van der Waals surface area (Å²) in [5.74, 6) is 0.0293. The van der Waals surface area contributed by atoms with Gasteiger partial charge in [-0.05, 0) is 41.5 Å². The molecule has 0 aliphatic carbocycles. The van der Waals surface area contributed by atoms with Crippen LogP contribution in [-0.2, 0) is 14.4 Å². The molecule has 1 rings (SSSR count). The number of likely N-dealkylation sites (tertiary alicyclic amines) is 1. The highest BCUT2D eigenvalue weighted by Gasteiger charge is 2.45. The molecule has 1 heterocycles. The Morgan fingerprint density at radius 3 is 1.59 bits per heavy atom. The fourth-order valence-electron chi connectivity index (χ4n) is 2.36. The van der Waals surface area contributed by atoms with Crippen molar-refractivity contribution in [2.45, 2.75) is 111 Å². The first-order valence-corrected chi connectivity index (χ1v) is 10.4. The van der Waals surface area contributed by atoms with Gasteiger partial charge in [-0.1, -0.05) is 41.5 Å². The number of nitrogens with one attached hydrogen (secondary N) is 1. The van der Waals surface area contributed by atoms with Gasteiger partial charge in [0.25, 0.3) is 0 Å². The smallest absolute Gasteiger partial charge is 0.243 e. The lowest BCUT2D eigenvalue weighted by molar-refractivity contribution is -0.143. The van der Waals surface area contributed by atoms with Crippen LogP contribution in [0.3, 0.4) is 0 Å². The van der Waals surface area contributed by atoms with Crippen molar-refractivity contribution in [3.05, 3.63) is 0 Å². The Kier molecular flexibility index (Phi) is 8.21. The Hall–Kier alpha value is -1.04. The van der Waals surface area contributed by atoms with Gasteiger partial charge in [-0.15, -0.1) is 11.8 Å². The molecule has 1 unspecified atom stereocenters. The Labute approximate surface area is 170 Å². The van der Waals surface area contributed by atoms with Gasteiger partial charge in [-0.25, -0.2) is 0 Å². The number of carbonyl (C=O) groups excluding carboxylic acids is 3. The molecule has 0 saturated carbocycles. The van der Waals surface area contributed by atoms with E-state index in [0.717, 1.165) is 0 Å². The van der Waals surface area contributed by atoms with Crippen molar-refractivity contribution in [2.24, 2.45) is 5.41 Å². The fraction of sp³-hybridized carbons (Fsp3) is 0.857. The minimum atomic E-state index is -0.401. The summed E-state index contributed by atoms with van der Waals surface area (Å²) in [6.45, 7) is 23.6. The van der Waals surface area contributed by atoms with E-state index in [-0.39, 0.29) is 38.7 Å². The first-order valence-electron chi connectivity index (χ1n) is 9.52. The quantitative estimate of drug-likeness (QED) is 0.663. The van der Waals surface area contributed by atoms with Gasteiger partial charge < -0.3 is 5.32 Å². The highest BCUT2D eigenvalue weighted by atomic mass is 32.2. The molecule has 0 spiro atoms. The van der Waals surface area contributed by atoms with Gasteiger partial charge in [0.1, 0.15) is 0 Å². The van der Waals surface area contributed by atoms with Crippen LogP contribution in [0.4, 0.5) is 0 Å². The summed E-state index contributed by atoms with van der Waals surface area (Å²) in [7, 11) is 0. The molecule has 5 nitrogen and oxygen atoms in total. The van der Waals surface area contributed by atoms with Crippen LogP contribution < -0.4 is 5.32 Å². The minimum absolute atomic E-state index is 0.00843. The number of hydrogen-bond acceptors (Lipinski definition) is 4. The SMILES string of the molecule is CC(C)(C)NC(=O)C(C)(C)C.CC(C)(C)SC1CC(=O)N(C(C)(C)C)C1=O. The predicted octanol–water partition coefficient (Wildman–Crippen LogP) is 4.39.